The molecule has 0 N–H and O–H groups in total. The molecule has 13 heavy (non-hydrogen) atoms. The molecule has 0 bridgehead atoms. The van der Waals surface area contributed by atoms with Crippen molar-refractivity contribution in [2.75, 3.05) is 12.4 Å². The quantitative estimate of drug-likeness (QED) is 0.374. The number of hydrogen-bond donors (Lipinski definition) is 1. The highest BCUT2D eigenvalue weighted by molar-refractivity contribution is 7.81. The Morgan fingerprint density at radius 3 is 2.38 bits per heavy atom. The van der Waals surface area contributed by atoms with Crippen molar-refractivity contribution in [1.82, 2.24) is 0 Å². The van der Waals surface area contributed by atoms with Gasteiger partial charge in [-0.2, -0.15) is 12.6 Å². The maximum Gasteiger partial charge on any atom is 0.315 e. The number of hydrogen-bond acceptors (Lipinski definition) is 3. The molecule has 0 atom stereocenters. The molecule has 0 aliphatic carbocycles. The molecule has 0 fully saturated rings. The Bertz CT molecular complexity index is 126. The summed E-state index contributed by atoms with van der Waals surface area (Å²) >= 11 is 3.81. The van der Waals surface area contributed by atoms with Gasteiger partial charge < -0.3 is 4.74 Å². The number of ether oxygens (including phenoxy) is 1. The van der Waals surface area contributed by atoms with E-state index in [0.717, 1.165) is 6.42 Å². The molecule has 0 amide bonds. The lowest BCUT2D eigenvalue weighted by molar-refractivity contribution is -0.140. The lowest BCUT2D eigenvalue weighted by Crippen LogP contribution is -2.06. The van der Waals surface area contributed by atoms with Gasteiger partial charge in [0.2, 0.25) is 0 Å². The molecule has 0 saturated carbocycles. The van der Waals surface area contributed by atoms with Crippen molar-refractivity contribution in [3.63, 3.8) is 0 Å². The van der Waals surface area contributed by atoms with E-state index in [1.165, 1.54) is 32.1 Å². The van der Waals surface area contributed by atoms with Crippen LogP contribution in [-0.2, 0) is 9.53 Å². The van der Waals surface area contributed by atoms with Crippen LogP contribution in [0.15, 0.2) is 0 Å². The first-order valence-corrected chi connectivity index (χ1v) is 5.71. The third-order valence-electron chi connectivity index (χ3n) is 1.89. The number of unbranched alkanes of at least 4 members (excludes halogenated alkanes) is 5. The molecular formula is C10H20O2S. The zero-order chi connectivity index (χ0) is 9.94. The van der Waals surface area contributed by atoms with Crippen LogP contribution in [0.1, 0.15) is 45.4 Å². The largest absolute Gasteiger partial charge is 0.465 e. The fraction of sp³-hybridized carbons (Fsp3) is 0.900. The summed E-state index contributed by atoms with van der Waals surface area (Å²) in [6.07, 6.45) is 7.30. The Balaban J connectivity index is 2.95. The Morgan fingerprint density at radius 2 is 1.77 bits per heavy atom. The summed E-state index contributed by atoms with van der Waals surface area (Å²) in [5.41, 5.74) is 0. The molecule has 2 nitrogen and oxygen atoms in total. The summed E-state index contributed by atoms with van der Waals surface area (Å²) in [6, 6.07) is 0. The minimum Gasteiger partial charge on any atom is -0.465 e. The van der Waals surface area contributed by atoms with Gasteiger partial charge in [-0.05, 0) is 6.42 Å². The molecule has 0 aliphatic rings. The van der Waals surface area contributed by atoms with Gasteiger partial charge in [-0.25, -0.2) is 0 Å². The lowest BCUT2D eigenvalue weighted by Gasteiger charge is -2.02. The summed E-state index contributed by atoms with van der Waals surface area (Å²) in [6.45, 7) is 2.76. The molecule has 0 aliphatic heterocycles. The van der Waals surface area contributed by atoms with Crippen LogP contribution in [-0.4, -0.2) is 18.3 Å². The highest BCUT2D eigenvalue weighted by Gasteiger charge is 1.97. The van der Waals surface area contributed by atoms with Gasteiger partial charge >= 0.3 is 5.97 Å². The fourth-order valence-corrected chi connectivity index (χ4v) is 1.21. The smallest absolute Gasteiger partial charge is 0.315 e. The number of carbonyl (C=O) groups is 1. The minimum absolute atomic E-state index is 0.190. The molecule has 0 heterocycles. The number of esters is 1. The van der Waals surface area contributed by atoms with Crippen LogP contribution in [0.4, 0.5) is 0 Å². The van der Waals surface area contributed by atoms with Crippen LogP contribution in [0, 0.1) is 0 Å². The molecule has 0 aromatic heterocycles. The van der Waals surface area contributed by atoms with E-state index < -0.39 is 0 Å². The maximum absolute atomic E-state index is 10.6. The fourth-order valence-electron chi connectivity index (χ4n) is 1.11. The molecule has 0 radical (unpaired) electrons. The molecule has 0 saturated heterocycles. The van der Waals surface area contributed by atoms with E-state index in [1.807, 2.05) is 0 Å². The standard InChI is InChI=1S/C10H20O2S/c1-2-3-4-5-6-7-8-12-10(11)9-13/h13H,2-9H2,1H3. The second kappa shape index (κ2) is 9.90. The third kappa shape index (κ3) is 9.74. The van der Waals surface area contributed by atoms with Gasteiger partial charge in [-0.3, -0.25) is 4.79 Å². The van der Waals surface area contributed by atoms with Gasteiger partial charge in [0.05, 0.1) is 12.4 Å². The van der Waals surface area contributed by atoms with Crippen LogP contribution in [0.5, 0.6) is 0 Å². The normalized spacial score (nSPS) is 10.0. The van der Waals surface area contributed by atoms with Crippen molar-refractivity contribution in [2.24, 2.45) is 0 Å². The first-order valence-electron chi connectivity index (χ1n) is 5.07. The Hall–Kier alpha value is -0.180. The summed E-state index contributed by atoms with van der Waals surface area (Å²) in [5.74, 6) is -0.0209. The van der Waals surface area contributed by atoms with E-state index in [2.05, 4.69) is 19.6 Å². The second-order valence-electron chi connectivity index (χ2n) is 3.15. The van der Waals surface area contributed by atoms with E-state index in [4.69, 9.17) is 4.74 Å². The number of thiol groups is 1. The van der Waals surface area contributed by atoms with Crippen molar-refractivity contribution in [1.29, 1.82) is 0 Å². The number of rotatable bonds is 8. The predicted octanol–water partition coefficient (Wildman–Crippen LogP) is 2.82. The lowest BCUT2D eigenvalue weighted by atomic mass is 10.1. The van der Waals surface area contributed by atoms with Crippen molar-refractivity contribution >= 4 is 18.6 Å². The average Bonchev–Trinajstić information content (AvgIpc) is 2.16. The van der Waals surface area contributed by atoms with Gasteiger partial charge in [0.1, 0.15) is 0 Å². The van der Waals surface area contributed by atoms with Crippen molar-refractivity contribution in [3.05, 3.63) is 0 Å². The Kier molecular flexibility index (Phi) is 9.77. The molecule has 0 spiro atoms. The average molecular weight is 204 g/mol. The summed E-state index contributed by atoms with van der Waals surface area (Å²) in [5, 5.41) is 0. The topological polar surface area (TPSA) is 26.3 Å². The highest BCUT2D eigenvalue weighted by atomic mass is 32.1. The third-order valence-corrected chi connectivity index (χ3v) is 2.15. The van der Waals surface area contributed by atoms with Gasteiger partial charge in [-0.15, -0.1) is 0 Å². The first kappa shape index (κ1) is 12.8. The van der Waals surface area contributed by atoms with Crippen LogP contribution in [0.2, 0.25) is 0 Å². The van der Waals surface area contributed by atoms with Crippen LogP contribution in [0.3, 0.4) is 0 Å². The zero-order valence-corrected chi connectivity index (χ0v) is 9.31. The van der Waals surface area contributed by atoms with Crippen LogP contribution >= 0.6 is 12.6 Å². The van der Waals surface area contributed by atoms with Gasteiger partial charge in [0.25, 0.3) is 0 Å². The molecule has 3 heteroatoms. The number of carbonyl (C=O) groups excluding carboxylic acids is 1. The van der Waals surface area contributed by atoms with Crippen molar-refractivity contribution in [3.8, 4) is 0 Å². The molecule has 0 aromatic rings. The van der Waals surface area contributed by atoms with Gasteiger partial charge in [0.15, 0.2) is 0 Å². The molecule has 0 aromatic carbocycles. The maximum atomic E-state index is 10.6. The second-order valence-corrected chi connectivity index (χ2v) is 3.46. The van der Waals surface area contributed by atoms with E-state index >= 15 is 0 Å². The monoisotopic (exact) mass is 204 g/mol. The highest BCUT2D eigenvalue weighted by Crippen LogP contribution is 2.04. The molecular weight excluding hydrogens is 184 g/mol. The Morgan fingerprint density at radius 1 is 1.15 bits per heavy atom. The van der Waals surface area contributed by atoms with E-state index in [9.17, 15) is 4.79 Å². The minimum atomic E-state index is -0.211. The molecule has 0 rings (SSSR count). The van der Waals surface area contributed by atoms with Crippen LogP contribution in [0.25, 0.3) is 0 Å². The molecule has 78 valence electrons. The molecule has 0 unspecified atom stereocenters. The van der Waals surface area contributed by atoms with Crippen LogP contribution < -0.4 is 0 Å². The first-order chi connectivity index (χ1) is 6.31. The van der Waals surface area contributed by atoms with E-state index in [-0.39, 0.29) is 11.7 Å². The summed E-state index contributed by atoms with van der Waals surface area (Å²) in [4.78, 5) is 10.6. The van der Waals surface area contributed by atoms with E-state index in [0.29, 0.717) is 6.61 Å². The summed E-state index contributed by atoms with van der Waals surface area (Å²) < 4.78 is 4.88. The van der Waals surface area contributed by atoms with Gasteiger partial charge in [0, 0.05) is 0 Å². The van der Waals surface area contributed by atoms with Gasteiger partial charge in [-0.1, -0.05) is 39.0 Å². The van der Waals surface area contributed by atoms with Crippen molar-refractivity contribution < 1.29 is 9.53 Å². The predicted molar refractivity (Wildman–Crippen MR) is 58.2 cm³/mol. The van der Waals surface area contributed by atoms with Crippen molar-refractivity contribution in [2.45, 2.75) is 45.4 Å². The van der Waals surface area contributed by atoms with E-state index in [1.54, 1.807) is 0 Å². The Labute approximate surface area is 86.5 Å². The summed E-state index contributed by atoms with van der Waals surface area (Å²) in [7, 11) is 0. The SMILES string of the molecule is CCCCCCCCOC(=O)CS. The zero-order valence-electron chi connectivity index (χ0n) is 8.42.